The Labute approximate surface area is 221 Å². The Hall–Kier alpha value is -1.99. The average molecular weight is 650 g/mol. The van der Waals surface area contributed by atoms with Crippen molar-refractivity contribution in [3.63, 3.8) is 0 Å². The van der Waals surface area contributed by atoms with Gasteiger partial charge in [-0.2, -0.15) is 13.1 Å². The van der Waals surface area contributed by atoms with Crippen molar-refractivity contribution in [1.29, 1.82) is 0 Å². The molecule has 2 atom stereocenters. The second-order valence-electron chi connectivity index (χ2n) is 8.15. The van der Waals surface area contributed by atoms with Gasteiger partial charge in [0.15, 0.2) is 0 Å². The van der Waals surface area contributed by atoms with E-state index in [1.807, 2.05) is 58.2 Å². The molecule has 8 heteroatoms. The first kappa shape index (κ1) is 29.2. The van der Waals surface area contributed by atoms with Gasteiger partial charge in [-0.25, -0.2) is 4.90 Å². The summed E-state index contributed by atoms with van der Waals surface area (Å²) in [6, 6.07) is 11.6. The van der Waals surface area contributed by atoms with Crippen molar-refractivity contribution in [3.05, 3.63) is 76.7 Å². The number of phenolic OH excluding ortho intramolecular Hbond substituents is 1. The molecule has 1 aliphatic carbocycles. The zero-order valence-electron chi connectivity index (χ0n) is 20.8. The zero-order valence-corrected chi connectivity index (χ0v) is 23.7. The summed E-state index contributed by atoms with van der Waals surface area (Å²) in [6.07, 6.45) is 3.53. The Kier molecular flexibility index (Phi) is 10.7. The smallest absolute Gasteiger partial charge is 0.254 e. The van der Waals surface area contributed by atoms with Crippen LogP contribution in [0.2, 0.25) is 0 Å². The Balaban J connectivity index is 0.000000485. The van der Waals surface area contributed by atoms with Crippen LogP contribution in [-0.4, -0.2) is 62.1 Å². The average Bonchev–Trinajstić information content (AvgIpc) is 3.25. The van der Waals surface area contributed by atoms with Gasteiger partial charge in [-0.15, -0.1) is 0 Å². The maximum Gasteiger partial charge on any atom is 0.254 e. The summed E-state index contributed by atoms with van der Waals surface area (Å²) >= 11 is 0. The number of β-amino-alcohol motifs (C(OH)–C–C–N with tert-alkyl or cyclic N) is 1. The molecule has 2 aromatic carbocycles. The number of aromatic nitrogens is 1. The van der Waals surface area contributed by atoms with Gasteiger partial charge >= 0.3 is 0 Å². The van der Waals surface area contributed by atoms with Gasteiger partial charge in [-0.3, -0.25) is 0 Å². The number of H-pyrrole nitrogens is 1. The molecule has 1 aliphatic heterocycles. The van der Waals surface area contributed by atoms with Gasteiger partial charge in [0.1, 0.15) is 5.75 Å². The molecule has 5 N–H and O–H groups in total. The van der Waals surface area contributed by atoms with Crippen molar-refractivity contribution in [2.45, 2.75) is 52.2 Å². The number of hydrogen-bond acceptors (Lipinski definition) is 5. The molecule has 1 aromatic heterocycles. The third-order valence-electron chi connectivity index (χ3n) is 6.08. The second kappa shape index (κ2) is 12.8. The van der Waals surface area contributed by atoms with Gasteiger partial charge in [0.2, 0.25) is 0 Å². The normalized spacial score (nSPS) is 18.8. The molecule has 0 radical (unpaired) electrons. The summed E-state index contributed by atoms with van der Waals surface area (Å²) in [5.74, 6) is -2.37. The first-order valence-corrected chi connectivity index (χ1v) is 12.0. The summed E-state index contributed by atoms with van der Waals surface area (Å²) in [5.41, 5.74) is 4.18. The maximum absolute atomic E-state index is 11.0. The number of aromatic amines is 1. The van der Waals surface area contributed by atoms with E-state index >= 15 is 0 Å². The first-order valence-electron chi connectivity index (χ1n) is 12.0. The van der Waals surface area contributed by atoms with Crippen molar-refractivity contribution < 1.29 is 41.5 Å². The number of fused-ring (bicyclic) bond motifs is 2. The van der Waals surface area contributed by atoms with Crippen molar-refractivity contribution >= 4 is 16.5 Å². The van der Waals surface area contributed by atoms with Gasteiger partial charge in [0, 0.05) is 56.3 Å². The summed E-state index contributed by atoms with van der Waals surface area (Å²) in [6.45, 7) is 10.1. The fourth-order valence-corrected chi connectivity index (χ4v) is 4.67. The number of hydrogen-bond donors (Lipinski definition) is 5. The van der Waals surface area contributed by atoms with E-state index in [1.54, 1.807) is 12.1 Å². The van der Waals surface area contributed by atoms with E-state index in [-0.39, 0.29) is 45.0 Å². The van der Waals surface area contributed by atoms with E-state index in [0.717, 1.165) is 40.7 Å². The quantitative estimate of drug-likeness (QED) is 0.274. The van der Waals surface area contributed by atoms with Crippen molar-refractivity contribution in [2.75, 3.05) is 19.6 Å². The number of benzene rings is 2. The fourth-order valence-electron chi connectivity index (χ4n) is 4.67. The largest absolute Gasteiger partial charge is 0.663 e. The predicted octanol–water partition coefficient (Wildman–Crippen LogP) is 4.08. The number of phenols is 1. The van der Waals surface area contributed by atoms with E-state index in [2.05, 4.69) is 10.3 Å². The Morgan fingerprint density at radius 2 is 1.77 bits per heavy atom. The molecule has 0 saturated carbocycles. The minimum Gasteiger partial charge on any atom is -0.663 e. The molecule has 0 fully saturated rings. The third kappa shape index (κ3) is 6.05. The van der Waals surface area contributed by atoms with Crippen LogP contribution in [0.3, 0.4) is 0 Å². The van der Waals surface area contributed by atoms with Crippen LogP contribution in [0.4, 0.5) is 0 Å². The van der Waals surface area contributed by atoms with Crippen molar-refractivity contribution in [1.82, 2.24) is 9.88 Å². The van der Waals surface area contributed by atoms with Gasteiger partial charge < -0.3 is 30.7 Å². The van der Waals surface area contributed by atoms with Gasteiger partial charge in [-0.05, 0) is 47.4 Å². The van der Waals surface area contributed by atoms with Crippen LogP contribution in [0.5, 0.6) is 5.75 Å². The molecule has 2 aliphatic rings. The molecular weight excluding hydrogens is 614 g/mol. The fraction of sp³-hybridized carbons (Fsp3) is 0.407. The molecule has 7 nitrogen and oxygen atoms in total. The van der Waals surface area contributed by atoms with Crippen LogP contribution in [-0.2, 0) is 33.4 Å². The van der Waals surface area contributed by atoms with Crippen LogP contribution in [0.25, 0.3) is 21.8 Å². The number of nitrogens with one attached hydrogen (secondary N) is 1. The maximum atomic E-state index is 11.0. The van der Waals surface area contributed by atoms with Crippen LogP contribution in [0, 0.1) is 0 Å². The molecule has 0 amide bonds. The van der Waals surface area contributed by atoms with E-state index < -0.39 is 12.0 Å². The Bertz CT molecular complexity index is 1130. The number of aliphatic hydroxyl groups excluding tert-OH is 1. The minimum atomic E-state index is -2.33. The molecule has 2 heterocycles. The molecule has 5 rings (SSSR count). The second-order valence-corrected chi connectivity index (χ2v) is 8.15. The summed E-state index contributed by atoms with van der Waals surface area (Å²) < 4.78 is 0. The van der Waals surface area contributed by atoms with Crippen LogP contribution >= 0.6 is 0 Å². The molecule has 35 heavy (non-hydrogen) atoms. The van der Waals surface area contributed by atoms with Gasteiger partial charge in [0.05, 0.1) is 6.10 Å². The topological polar surface area (TPSA) is 114 Å². The van der Waals surface area contributed by atoms with Crippen LogP contribution in [0.1, 0.15) is 44.4 Å². The van der Waals surface area contributed by atoms with Crippen molar-refractivity contribution in [2.24, 2.45) is 0 Å². The van der Waals surface area contributed by atoms with Crippen LogP contribution < -0.4 is 0 Å². The van der Waals surface area contributed by atoms with Crippen LogP contribution in [0.15, 0.2) is 54.7 Å². The Morgan fingerprint density at radius 3 is 2.40 bits per heavy atom. The van der Waals surface area contributed by atoms with E-state index in [9.17, 15) is 20.4 Å². The van der Waals surface area contributed by atoms with E-state index in [0.29, 0.717) is 6.42 Å². The van der Waals surface area contributed by atoms with E-state index in [1.165, 1.54) is 17.0 Å². The zero-order chi connectivity index (χ0) is 24.9. The number of nitrogens with zero attached hydrogens (tertiary/aromatic N) is 2. The molecule has 2 unspecified atom stereocenters. The first-order chi connectivity index (χ1) is 16.4. The molecule has 0 bridgehead atoms. The minimum absolute atomic E-state index is 0. The molecule has 3 aromatic rings. The summed E-state index contributed by atoms with van der Waals surface area (Å²) in [7, 11) is 0. The standard InChI is InChI=1S/C21H20N2O4.C4H10N.C2H6.W/c24-14-4-1-3-13(8-14)21(26,27)23-11-15(25)9-17-16-5-2-6-18-20(16)12(10-22-18)7-19(17)23;1-3-5-4-2;1-2;/h1-6,8-10,15,19,22,24-27H,7,11H2;3-4H2,1-2H3;1-2H3;/q;-1;;. The Morgan fingerprint density at radius 1 is 1.09 bits per heavy atom. The molecule has 0 spiro atoms. The number of aromatic hydroxyl groups is 1. The predicted molar refractivity (Wildman–Crippen MR) is 136 cm³/mol. The summed E-state index contributed by atoms with van der Waals surface area (Å²) in [4.78, 5) is 4.76. The van der Waals surface area contributed by atoms with Gasteiger partial charge in [-0.1, -0.05) is 52.0 Å². The van der Waals surface area contributed by atoms with Crippen molar-refractivity contribution in [3.8, 4) is 5.75 Å². The number of rotatable bonds is 4. The molecule has 190 valence electrons. The molecular formula is C27H36N3O4W-. The van der Waals surface area contributed by atoms with Gasteiger partial charge in [0.25, 0.3) is 5.91 Å². The van der Waals surface area contributed by atoms with E-state index in [4.69, 9.17) is 0 Å². The summed E-state index contributed by atoms with van der Waals surface area (Å²) in [5, 5.41) is 47.3. The SMILES string of the molecule is CC.CC[N-]CC.Oc1cccc(C(O)(O)N2CC(O)C=C3c4cccc5[nH]cc(c45)CC32)c1.[W]. The monoisotopic (exact) mass is 650 g/mol. The third-order valence-corrected chi connectivity index (χ3v) is 6.08. The number of aliphatic hydroxyl groups is 3. The molecule has 0 saturated heterocycles.